The lowest BCUT2D eigenvalue weighted by Gasteiger charge is -1.94. The molecule has 1 aromatic carbocycles. The van der Waals surface area contributed by atoms with Gasteiger partial charge in [0.15, 0.2) is 4.34 Å². The van der Waals surface area contributed by atoms with E-state index in [4.69, 9.17) is 0 Å². The van der Waals surface area contributed by atoms with Gasteiger partial charge in [0.05, 0.1) is 10.2 Å². The molecule has 0 unspecified atom stereocenters. The van der Waals surface area contributed by atoms with Crippen molar-refractivity contribution in [3.05, 3.63) is 23.8 Å². The zero-order valence-electron chi connectivity index (χ0n) is 11.8. The molecule has 3 heteroatoms. The molecular formula is C15H23NS2. The molecule has 0 atom stereocenters. The molecule has 1 aromatic heterocycles. The summed E-state index contributed by atoms with van der Waals surface area (Å²) in [4.78, 5) is 4.63. The van der Waals surface area contributed by atoms with Crippen LogP contribution in [-0.2, 0) is 0 Å². The van der Waals surface area contributed by atoms with Crippen LogP contribution in [0.5, 0.6) is 0 Å². The third kappa shape index (κ3) is 4.62. The van der Waals surface area contributed by atoms with Crippen molar-refractivity contribution in [3.8, 4) is 0 Å². The third-order valence-electron chi connectivity index (χ3n) is 2.50. The smallest absolute Gasteiger partial charge is 0.151 e. The average molecular weight is 281 g/mol. The summed E-state index contributed by atoms with van der Waals surface area (Å²) in [5.41, 5.74) is 2.47. The SMILES string of the molecule is CC.CCCCCSc1nc2ccc(C)cc2s1. The monoisotopic (exact) mass is 281 g/mol. The van der Waals surface area contributed by atoms with E-state index in [2.05, 4.69) is 37.0 Å². The van der Waals surface area contributed by atoms with Crippen LogP contribution in [0.1, 0.15) is 45.6 Å². The van der Waals surface area contributed by atoms with Crippen LogP contribution in [0, 0.1) is 6.92 Å². The molecule has 0 aliphatic rings. The van der Waals surface area contributed by atoms with Crippen LogP contribution in [0.3, 0.4) is 0 Å². The second kappa shape index (κ2) is 8.54. The van der Waals surface area contributed by atoms with Gasteiger partial charge in [-0.05, 0) is 31.0 Å². The molecule has 0 N–H and O–H groups in total. The Balaban J connectivity index is 0.000000771. The topological polar surface area (TPSA) is 12.9 Å². The number of nitrogens with zero attached hydrogens (tertiary/aromatic N) is 1. The Morgan fingerprint density at radius 2 is 2.00 bits per heavy atom. The maximum atomic E-state index is 4.63. The van der Waals surface area contributed by atoms with E-state index in [0.717, 1.165) is 5.52 Å². The van der Waals surface area contributed by atoms with Crippen molar-refractivity contribution >= 4 is 33.3 Å². The molecule has 1 heterocycles. The van der Waals surface area contributed by atoms with Crippen molar-refractivity contribution in [2.75, 3.05) is 5.75 Å². The Morgan fingerprint density at radius 1 is 1.22 bits per heavy atom. The fourth-order valence-electron chi connectivity index (χ4n) is 1.58. The molecular weight excluding hydrogens is 258 g/mol. The Kier molecular flexibility index (Phi) is 7.36. The van der Waals surface area contributed by atoms with Gasteiger partial charge < -0.3 is 0 Å². The quantitative estimate of drug-likeness (QED) is 0.499. The molecule has 0 spiro atoms. The van der Waals surface area contributed by atoms with E-state index in [0.29, 0.717) is 0 Å². The highest BCUT2D eigenvalue weighted by molar-refractivity contribution is 8.01. The standard InChI is InChI=1S/C13H17NS2.C2H6/c1-3-4-5-8-15-13-14-11-7-6-10(2)9-12(11)16-13;1-2/h6-7,9H,3-5,8H2,1-2H3;1-2H3. The minimum Gasteiger partial charge on any atom is -0.230 e. The van der Waals surface area contributed by atoms with E-state index in [1.54, 1.807) is 0 Å². The number of thioether (sulfide) groups is 1. The molecule has 0 fully saturated rings. The predicted octanol–water partition coefficient (Wildman–Crippen LogP) is 5.91. The van der Waals surface area contributed by atoms with Crippen molar-refractivity contribution in [1.29, 1.82) is 0 Å². The fourth-order valence-corrected chi connectivity index (χ4v) is 3.82. The number of hydrogen-bond donors (Lipinski definition) is 0. The van der Waals surface area contributed by atoms with Crippen LogP contribution < -0.4 is 0 Å². The van der Waals surface area contributed by atoms with Crippen molar-refractivity contribution < 1.29 is 0 Å². The van der Waals surface area contributed by atoms with Gasteiger partial charge in [0.1, 0.15) is 0 Å². The zero-order valence-corrected chi connectivity index (χ0v) is 13.5. The summed E-state index contributed by atoms with van der Waals surface area (Å²) in [5, 5.41) is 0. The Hall–Kier alpha value is -0.540. The summed E-state index contributed by atoms with van der Waals surface area (Å²) < 4.78 is 2.54. The molecule has 0 saturated heterocycles. The van der Waals surface area contributed by atoms with Gasteiger partial charge >= 0.3 is 0 Å². The van der Waals surface area contributed by atoms with Crippen molar-refractivity contribution in [2.45, 2.75) is 51.3 Å². The lowest BCUT2D eigenvalue weighted by atomic mass is 10.2. The van der Waals surface area contributed by atoms with Crippen LogP contribution in [-0.4, -0.2) is 10.7 Å². The fraction of sp³-hybridized carbons (Fsp3) is 0.533. The summed E-state index contributed by atoms with van der Waals surface area (Å²) in [6.45, 7) is 8.37. The van der Waals surface area contributed by atoms with Crippen LogP contribution >= 0.6 is 23.1 Å². The van der Waals surface area contributed by atoms with Crippen molar-refractivity contribution in [1.82, 2.24) is 4.98 Å². The molecule has 2 aromatic rings. The van der Waals surface area contributed by atoms with Crippen LogP contribution in [0.25, 0.3) is 10.2 Å². The average Bonchev–Trinajstić information content (AvgIpc) is 2.79. The molecule has 18 heavy (non-hydrogen) atoms. The number of aromatic nitrogens is 1. The Bertz CT molecular complexity index is 462. The summed E-state index contributed by atoms with van der Waals surface area (Å²) in [7, 11) is 0. The molecule has 1 nitrogen and oxygen atoms in total. The number of fused-ring (bicyclic) bond motifs is 1. The van der Waals surface area contributed by atoms with E-state index in [9.17, 15) is 0 Å². The maximum absolute atomic E-state index is 4.63. The van der Waals surface area contributed by atoms with E-state index < -0.39 is 0 Å². The highest BCUT2D eigenvalue weighted by Crippen LogP contribution is 2.30. The molecule has 0 bridgehead atoms. The van der Waals surface area contributed by atoms with Crippen molar-refractivity contribution in [3.63, 3.8) is 0 Å². The highest BCUT2D eigenvalue weighted by atomic mass is 32.2. The lowest BCUT2D eigenvalue weighted by molar-refractivity contribution is 0.778. The molecule has 2 rings (SSSR count). The summed E-state index contributed by atoms with van der Waals surface area (Å²) in [5.74, 6) is 1.20. The third-order valence-corrected chi connectivity index (χ3v) is 4.75. The van der Waals surface area contributed by atoms with Crippen LogP contribution in [0.4, 0.5) is 0 Å². The number of unbranched alkanes of at least 4 members (excludes halogenated alkanes) is 2. The largest absolute Gasteiger partial charge is 0.230 e. The molecule has 0 amide bonds. The first-order valence-corrected chi connectivity index (χ1v) is 8.60. The predicted molar refractivity (Wildman–Crippen MR) is 86.0 cm³/mol. The number of thiazole rings is 1. The first-order chi connectivity index (χ1) is 8.79. The van der Waals surface area contributed by atoms with Gasteiger partial charge in [0.2, 0.25) is 0 Å². The van der Waals surface area contributed by atoms with Gasteiger partial charge in [-0.25, -0.2) is 4.98 Å². The van der Waals surface area contributed by atoms with Gasteiger partial charge in [-0.3, -0.25) is 0 Å². The molecule has 0 aliphatic carbocycles. The zero-order chi connectivity index (χ0) is 13.4. The minimum atomic E-state index is 1.15. The minimum absolute atomic E-state index is 1.15. The number of hydrogen-bond acceptors (Lipinski definition) is 3. The number of benzene rings is 1. The van der Waals surface area contributed by atoms with Gasteiger partial charge in [0, 0.05) is 5.75 Å². The number of rotatable bonds is 5. The highest BCUT2D eigenvalue weighted by Gasteiger charge is 2.03. The first-order valence-electron chi connectivity index (χ1n) is 6.79. The van der Waals surface area contributed by atoms with E-state index in [1.807, 2.05) is 36.9 Å². The summed E-state index contributed by atoms with van der Waals surface area (Å²) in [6.07, 6.45) is 3.92. The normalized spacial score (nSPS) is 10.2. The molecule has 0 aliphatic heterocycles. The molecule has 0 radical (unpaired) electrons. The van der Waals surface area contributed by atoms with Gasteiger partial charge in [-0.15, -0.1) is 11.3 Å². The van der Waals surface area contributed by atoms with Crippen LogP contribution in [0.15, 0.2) is 22.5 Å². The van der Waals surface area contributed by atoms with Crippen molar-refractivity contribution in [2.24, 2.45) is 0 Å². The maximum Gasteiger partial charge on any atom is 0.151 e. The molecule has 100 valence electrons. The van der Waals surface area contributed by atoms with E-state index in [1.165, 1.54) is 39.6 Å². The lowest BCUT2D eigenvalue weighted by Crippen LogP contribution is -1.78. The Morgan fingerprint density at radius 3 is 2.72 bits per heavy atom. The van der Waals surface area contributed by atoms with Gasteiger partial charge in [0.25, 0.3) is 0 Å². The summed E-state index contributed by atoms with van der Waals surface area (Å²) >= 11 is 3.72. The second-order valence-corrected chi connectivity index (χ2v) is 6.38. The van der Waals surface area contributed by atoms with Crippen LogP contribution in [0.2, 0.25) is 0 Å². The summed E-state index contributed by atoms with van der Waals surface area (Å²) in [6, 6.07) is 6.48. The van der Waals surface area contributed by atoms with Gasteiger partial charge in [-0.1, -0.05) is 51.4 Å². The Labute approximate surface area is 119 Å². The number of aryl methyl sites for hydroxylation is 1. The van der Waals surface area contributed by atoms with Gasteiger partial charge in [-0.2, -0.15) is 0 Å². The van der Waals surface area contributed by atoms with E-state index in [-0.39, 0.29) is 0 Å². The second-order valence-electron chi connectivity index (χ2n) is 4.01. The molecule has 0 saturated carbocycles. The first kappa shape index (κ1) is 15.5. The van der Waals surface area contributed by atoms with E-state index >= 15 is 0 Å².